The monoisotopic (exact) mass is 1110 g/mol. The van der Waals surface area contributed by atoms with Crippen LogP contribution in [-0.4, -0.2) is 110 Å². The summed E-state index contributed by atoms with van der Waals surface area (Å²) in [6, 6.07) is -1.19. The Morgan fingerprint density at radius 2 is 0.769 bits per heavy atom. The summed E-state index contributed by atoms with van der Waals surface area (Å²) in [6.45, 7) is 3.49. The highest BCUT2D eigenvalue weighted by Gasteiger charge is 2.44. The first-order chi connectivity index (χ1) is 38.2. The molecule has 1 rings (SSSR count). The first-order valence-corrected chi connectivity index (χ1v) is 33.7. The molecule has 1 saturated heterocycles. The summed E-state index contributed by atoms with van der Waals surface area (Å²) < 4.78 is 11.2. The van der Waals surface area contributed by atoms with E-state index < -0.39 is 74.2 Å². The number of carbonyl (C=O) groups excluding carboxylic acids is 1. The van der Waals surface area contributed by atoms with E-state index in [2.05, 4.69) is 43.5 Å². The molecule has 1 fully saturated rings. The van der Waals surface area contributed by atoms with Gasteiger partial charge in [-0.2, -0.15) is 0 Å². The molecule has 1 aliphatic heterocycles. The lowest BCUT2D eigenvalue weighted by Gasteiger charge is -2.40. The minimum absolute atomic E-state index is 0.249. The highest BCUT2D eigenvalue weighted by molar-refractivity contribution is 5.80. The van der Waals surface area contributed by atoms with Gasteiger partial charge in [0, 0.05) is 0 Å². The molecule has 0 saturated carbocycles. The fourth-order valence-electron chi connectivity index (χ4n) is 11.1. The summed E-state index contributed by atoms with van der Waals surface area (Å²) in [6.07, 6.45) is 58.3. The quantitative estimate of drug-likeness (QED) is 0.0215. The van der Waals surface area contributed by atoms with Crippen molar-refractivity contribution >= 4 is 5.91 Å². The number of amides is 1. The summed E-state index contributed by atoms with van der Waals surface area (Å²) >= 11 is 0. The third-order valence-electron chi connectivity index (χ3n) is 16.5. The van der Waals surface area contributed by atoms with E-state index in [0.717, 1.165) is 38.5 Å². The molecular formula is C67H129NO10. The van der Waals surface area contributed by atoms with Crippen LogP contribution in [0.15, 0.2) is 24.3 Å². The molecule has 1 aliphatic rings. The Hall–Kier alpha value is -1.41. The van der Waals surface area contributed by atoms with Crippen LogP contribution in [0.4, 0.5) is 0 Å². The molecule has 78 heavy (non-hydrogen) atoms. The Kier molecular flexibility index (Phi) is 53.6. The molecule has 9 unspecified atom stereocenters. The van der Waals surface area contributed by atoms with Crippen LogP contribution in [0.5, 0.6) is 0 Å². The van der Waals surface area contributed by atoms with Crippen LogP contribution in [0.3, 0.4) is 0 Å². The van der Waals surface area contributed by atoms with E-state index in [1.54, 1.807) is 0 Å². The van der Waals surface area contributed by atoms with Crippen LogP contribution in [0.2, 0.25) is 0 Å². The molecule has 8 N–H and O–H groups in total. The van der Waals surface area contributed by atoms with Gasteiger partial charge in [0.2, 0.25) is 5.91 Å². The Morgan fingerprint density at radius 1 is 0.436 bits per heavy atom. The molecule has 0 aromatic heterocycles. The normalized spacial score (nSPS) is 19.5. The molecule has 1 amide bonds. The molecule has 11 nitrogen and oxygen atoms in total. The number of rotatable bonds is 59. The Labute approximate surface area is 480 Å². The van der Waals surface area contributed by atoms with Crippen molar-refractivity contribution in [2.75, 3.05) is 13.2 Å². The maximum Gasteiger partial charge on any atom is 0.249 e. The number of nitrogens with one attached hydrogen (secondary N) is 1. The number of allylic oxidation sites excluding steroid dienone is 4. The SMILES string of the molecule is CCCCCCCCCCCCCCCC/C=C/CC/C=C/CCCC(O)C(O)C(COC1OC(CO)C(O)C(O)C1O)NC(=O)C(O)CCCCCCCCCCCCCCCCCCCCCCCCCCCCCC. The minimum atomic E-state index is -1.67. The zero-order chi connectivity index (χ0) is 56.8. The van der Waals surface area contributed by atoms with Crippen LogP contribution in [0.1, 0.15) is 328 Å². The molecule has 0 spiro atoms. The standard InChI is InChI=1S/C67H129NO10/c1-3-5-7-9-11-13-15-17-19-21-23-25-27-28-29-30-31-33-35-37-39-41-43-45-47-49-51-53-55-60(71)66(76)68-58(57-77-67-65(75)64(74)63(73)61(56-69)78-67)62(72)59(70)54-52-50-48-46-44-42-40-38-36-34-32-26-24-22-20-18-16-14-12-10-8-6-4-2/h38,40,46,48,58-65,67,69-75H,3-37,39,41-45,47,49-57H2,1-2H3,(H,68,76)/b40-38+,48-46+. The fourth-order valence-corrected chi connectivity index (χ4v) is 11.1. The smallest absolute Gasteiger partial charge is 0.249 e. The third kappa shape index (κ3) is 43.3. The predicted octanol–water partition coefficient (Wildman–Crippen LogP) is 15.6. The zero-order valence-electron chi connectivity index (χ0n) is 50.9. The van der Waals surface area contributed by atoms with Gasteiger partial charge in [-0.15, -0.1) is 0 Å². The van der Waals surface area contributed by atoms with Crippen molar-refractivity contribution < 1.29 is 50.0 Å². The summed E-state index contributed by atoms with van der Waals surface area (Å²) in [4.78, 5) is 13.2. The topological polar surface area (TPSA) is 189 Å². The van der Waals surface area contributed by atoms with Gasteiger partial charge in [-0.1, -0.05) is 301 Å². The van der Waals surface area contributed by atoms with E-state index >= 15 is 0 Å². The van der Waals surface area contributed by atoms with E-state index in [9.17, 15) is 40.5 Å². The van der Waals surface area contributed by atoms with Crippen molar-refractivity contribution in [2.24, 2.45) is 0 Å². The van der Waals surface area contributed by atoms with Crippen molar-refractivity contribution in [1.82, 2.24) is 5.32 Å². The number of aliphatic hydroxyl groups excluding tert-OH is 7. The number of aliphatic hydroxyl groups is 7. The van der Waals surface area contributed by atoms with Gasteiger partial charge < -0.3 is 50.5 Å². The van der Waals surface area contributed by atoms with E-state index in [1.165, 1.54) is 244 Å². The molecule has 462 valence electrons. The van der Waals surface area contributed by atoms with Gasteiger partial charge in [0.25, 0.3) is 0 Å². The molecule has 0 radical (unpaired) electrons. The van der Waals surface area contributed by atoms with Crippen molar-refractivity contribution in [3.8, 4) is 0 Å². The summed E-state index contributed by atoms with van der Waals surface area (Å²) in [5.74, 6) is -0.703. The molecule has 11 heteroatoms. The second kappa shape index (κ2) is 56.1. The van der Waals surface area contributed by atoms with Crippen LogP contribution < -0.4 is 5.32 Å². The number of unbranched alkanes of at least 4 members (excludes halogenated alkanes) is 43. The summed E-state index contributed by atoms with van der Waals surface area (Å²) in [5, 5.41) is 76.4. The van der Waals surface area contributed by atoms with Gasteiger partial charge in [-0.3, -0.25) is 4.79 Å². The van der Waals surface area contributed by atoms with E-state index in [1.807, 2.05) is 0 Å². The number of ether oxygens (including phenoxy) is 2. The van der Waals surface area contributed by atoms with Gasteiger partial charge in [-0.05, 0) is 51.4 Å². The molecule has 0 aliphatic carbocycles. The van der Waals surface area contributed by atoms with Gasteiger partial charge >= 0.3 is 0 Å². The van der Waals surface area contributed by atoms with Crippen molar-refractivity contribution in [3.63, 3.8) is 0 Å². The van der Waals surface area contributed by atoms with Gasteiger partial charge in [-0.25, -0.2) is 0 Å². The second-order valence-electron chi connectivity index (χ2n) is 23.9. The molecule has 9 atom stereocenters. The van der Waals surface area contributed by atoms with Crippen LogP contribution in [-0.2, 0) is 14.3 Å². The first-order valence-electron chi connectivity index (χ1n) is 33.7. The molecular weight excluding hydrogens is 979 g/mol. The van der Waals surface area contributed by atoms with E-state index in [4.69, 9.17) is 9.47 Å². The largest absolute Gasteiger partial charge is 0.394 e. The van der Waals surface area contributed by atoms with Gasteiger partial charge in [0.05, 0.1) is 25.4 Å². The number of hydrogen-bond acceptors (Lipinski definition) is 10. The molecule has 0 bridgehead atoms. The highest BCUT2D eigenvalue weighted by Crippen LogP contribution is 2.24. The lowest BCUT2D eigenvalue weighted by atomic mass is 9.98. The lowest BCUT2D eigenvalue weighted by Crippen LogP contribution is -2.60. The van der Waals surface area contributed by atoms with Crippen molar-refractivity contribution in [1.29, 1.82) is 0 Å². The average molecular weight is 1110 g/mol. The van der Waals surface area contributed by atoms with Crippen LogP contribution in [0, 0.1) is 0 Å². The summed E-state index contributed by atoms with van der Waals surface area (Å²) in [5.41, 5.74) is 0. The Morgan fingerprint density at radius 3 is 1.14 bits per heavy atom. The first kappa shape index (κ1) is 74.6. The lowest BCUT2D eigenvalue weighted by molar-refractivity contribution is -0.303. The number of hydrogen-bond donors (Lipinski definition) is 8. The van der Waals surface area contributed by atoms with Crippen molar-refractivity contribution in [2.45, 2.75) is 384 Å². The van der Waals surface area contributed by atoms with Crippen LogP contribution in [0.25, 0.3) is 0 Å². The third-order valence-corrected chi connectivity index (χ3v) is 16.5. The molecule has 1 heterocycles. The van der Waals surface area contributed by atoms with Crippen molar-refractivity contribution in [3.05, 3.63) is 24.3 Å². The number of carbonyl (C=O) groups is 1. The highest BCUT2D eigenvalue weighted by atomic mass is 16.7. The van der Waals surface area contributed by atoms with E-state index in [0.29, 0.717) is 19.3 Å². The van der Waals surface area contributed by atoms with Gasteiger partial charge in [0.15, 0.2) is 6.29 Å². The average Bonchev–Trinajstić information content (AvgIpc) is 3.46. The Bertz CT molecular complexity index is 1320. The van der Waals surface area contributed by atoms with E-state index in [-0.39, 0.29) is 12.8 Å². The fraction of sp³-hybridized carbons (Fsp3) is 0.925. The van der Waals surface area contributed by atoms with Crippen LogP contribution >= 0.6 is 0 Å². The second-order valence-corrected chi connectivity index (χ2v) is 23.9. The maximum absolute atomic E-state index is 13.2. The predicted molar refractivity (Wildman–Crippen MR) is 326 cm³/mol. The Balaban J connectivity index is 2.24. The molecule has 0 aromatic carbocycles. The molecule has 0 aromatic rings. The summed E-state index contributed by atoms with van der Waals surface area (Å²) in [7, 11) is 0. The zero-order valence-corrected chi connectivity index (χ0v) is 50.9. The maximum atomic E-state index is 13.2. The van der Waals surface area contributed by atoms with Gasteiger partial charge in [0.1, 0.15) is 36.6 Å². The minimum Gasteiger partial charge on any atom is -0.394 e.